The topological polar surface area (TPSA) is 20.3 Å². The van der Waals surface area contributed by atoms with E-state index in [-0.39, 0.29) is 0 Å². The van der Waals surface area contributed by atoms with Crippen molar-refractivity contribution >= 4 is 5.78 Å². The molecule has 0 unspecified atom stereocenters. The fourth-order valence-corrected chi connectivity index (χ4v) is 4.25. The summed E-state index contributed by atoms with van der Waals surface area (Å²) in [4.78, 5) is 14.9. The lowest BCUT2D eigenvalue weighted by Gasteiger charge is -2.29. The molecule has 0 aromatic heterocycles. The van der Waals surface area contributed by atoms with E-state index in [1.807, 2.05) is 0 Å². The van der Waals surface area contributed by atoms with Gasteiger partial charge in [0, 0.05) is 31.0 Å². The smallest absolute Gasteiger partial charge is 0.163 e. The third-order valence-electron chi connectivity index (χ3n) is 5.07. The Morgan fingerprint density at radius 1 is 1.32 bits per heavy atom. The van der Waals surface area contributed by atoms with E-state index in [1.165, 1.54) is 22.3 Å². The van der Waals surface area contributed by atoms with Crippen LogP contribution in [0.15, 0.2) is 6.07 Å². The predicted molar refractivity (Wildman–Crippen MR) is 78.0 cm³/mol. The van der Waals surface area contributed by atoms with Crippen molar-refractivity contribution in [1.29, 1.82) is 0 Å². The van der Waals surface area contributed by atoms with Crippen LogP contribution in [0.5, 0.6) is 0 Å². The van der Waals surface area contributed by atoms with Crippen molar-refractivity contribution < 1.29 is 4.79 Å². The van der Waals surface area contributed by atoms with E-state index < -0.39 is 0 Å². The summed E-state index contributed by atoms with van der Waals surface area (Å²) in [5, 5.41) is 0. The summed E-state index contributed by atoms with van der Waals surface area (Å²) < 4.78 is 0. The van der Waals surface area contributed by atoms with Crippen LogP contribution in [-0.4, -0.2) is 30.8 Å². The Balaban J connectivity index is 2.19. The van der Waals surface area contributed by atoms with Gasteiger partial charge in [-0.15, -0.1) is 0 Å². The molecule has 0 bridgehead atoms. The van der Waals surface area contributed by atoms with Crippen LogP contribution in [0, 0.1) is 19.8 Å². The number of rotatable bonds is 1. The van der Waals surface area contributed by atoms with Gasteiger partial charge in [0.25, 0.3) is 0 Å². The van der Waals surface area contributed by atoms with E-state index in [0.717, 1.165) is 31.5 Å². The molecule has 0 radical (unpaired) electrons. The van der Waals surface area contributed by atoms with Crippen LogP contribution in [0.3, 0.4) is 0 Å². The Morgan fingerprint density at radius 2 is 2.05 bits per heavy atom. The summed E-state index contributed by atoms with van der Waals surface area (Å²) in [6, 6.07) is 2.30. The van der Waals surface area contributed by atoms with Crippen molar-refractivity contribution in [3.8, 4) is 0 Å². The number of likely N-dealkylation sites (tertiary alicyclic amines) is 1. The molecule has 2 aliphatic rings. The second kappa shape index (κ2) is 4.45. The van der Waals surface area contributed by atoms with Crippen molar-refractivity contribution in [1.82, 2.24) is 4.90 Å². The highest BCUT2D eigenvalue weighted by molar-refractivity contribution is 6.01. The largest absolute Gasteiger partial charge is 0.305 e. The molecule has 2 nitrogen and oxygen atoms in total. The lowest BCUT2D eigenvalue weighted by Crippen LogP contribution is -2.25. The molecular weight excluding hydrogens is 234 g/mol. The maximum atomic E-state index is 12.5. The van der Waals surface area contributed by atoms with Crippen molar-refractivity contribution in [2.45, 2.75) is 39.5 Å². The van der Waals surface area contributed by atoms with Crippen LogP contribution in [-0.2, 0) is 6.42 Å². The normalized spacial score (nSPS) is 26.4. The van der Waals surface area contributed by atoms with Crippen molar-refractivity contribution in [3.05, 3.63) is 33.9 Å². The molecule has 3 rings (SSSR count). The van der Waals surface area contributed by atoms with Crippen molar-refractivity contribution in [2.24, 2.45) is 5.92 Å². The van der Waals surface area contributed by atoms with Crippen LogP contribution >= 0.6 is 0 Å². The first kappa shape index (κ1) is 12.9. The molecule has 2 heteroatoms. The number of hydrogen-bond donors (Lipinski definition) is 0. The summed E-state index contributed by atoms with van der Waals surface area (Å²) in [7, 11) is 2.17. The van der Waals surface area contributed by atoms with Crippen molar-refractivity contribution in [3.63, 3.8) is 0 Å². The minimum atomic E-state index is 0.374. The molecule has 0 saturated carbocycles. The Bertz CT molecular complexity index is 547. The van der Waals surface area contributed by atoms with Crippen LogP contribution in [0.1, 0.15) is 51.9 Å². The molecule has 2 atom stereocenters. The van der Waals surface area contributed by atoms with Gasteiger partial charge in [0.05, 0.1) is 0 Å². The van der Waals surface area contributed by atoms with Gasteiger partial charge in [-0.05, 0) is 55.5 Å². The summed E-state index contributed by atoms with van der Waals surface area (Å²) in [5.74, 6) is 1.48. The van der Waals surface area contributed by atoms with Crippen LogP contribution < -0.4 is 0 Å². The fraction of sp³-hybridized carbons (Fsp3) is 0.588. The Hall–Kier alpha value is -1.15. The van der Waals surface area contributed by atoms with E-state index in [0.29, 0.717) is 17.6 Å². The number of benzene rings is 1. The summed E-state index contributed by atoms with van der Waals surface area (Å²) in [6.45, 7) is 8.69. The second-order valence-corrected chi connectivity index (χ2v) is 6.33. The van der Waals surface area contributed by atoms with E-state index in [1.54, 1.807) is 0 Å². The second-order valence-electron chi connectivity index (χ2n) is 6.33. The monoisotopic (exact) mass is 257 g/mol. The third kappa shape index (κ3) is 1.85. The average Bonchev–Trinajstić information content (AvgIpc) is 2.69. The summed E-state index contributed by atoms with van der Waals surface area (Å²) in [5.41, 5.74) is 6.37. The zero-order valence-corrected chi connectivity index (χ0v) is 12.4. The molecule has 0 spiro atoms. The third-order valence-corrected chi connectivity index (χ3v) is 5.07. The van der Waals surface area contributed by atoms with Gasteiger partial charge in [-0.3, -0.25) is 4.79 Å². The van der Waals surface area contributed by atoms with Crippen LogP contribution in [0.2, 0.25) is 0 Å². The molecule has 1 heterocycles. The Morgan fingerprint density at radius 3 is 2.74 bits per heavy atom. The molecule has 1 fully saturated rings. The number of carbonyl (C=O) groups excluding carboxylic acids is 1. The number of hydrogen-bond acceptors (Lipinski definition) is 2. The molecule has 1 aromatic rings. The molecule has 0 N–H and O–H groups in total. The van der Waals surface area contributed by atoms with Gasteiger partial charge < -0.3 is 4.90 Å². The van der Waals surface area contributed by atoms with Gasteiger partial charge in [-0.25, -0.2) is 0 Å². The molecule has 1 aliphatic heterocycles. The van der Waals surface area contributed by atoms with E-state index >= 15 is 0 Å². The minimum absolute atomic E-state index is 0.374. The van der Waals surface area contributed by atoms with Gasteiger partial charge in [-0.1, -0.05) is 13.0 Å². The number of ketones is 1. The minimum Gasteiger partial charge on any atom is -0.305 e. The molecule has 102 valence electrons. The fourth-order valence-electron chi connectivity index (χ4n) is 4.25. The zero-order chi connectivity index (χ0) is 13.7. The van der Waals surface area contributed by atoms with Crippen LogP contribution in [0.4, 0.5) is 0 Å². The highest BCUT2D eigenvalue weighted by Crippen LogP contribution is 2.43. The first-order chi connectivity index (χ1) is 9.02. The highest BCUT2D eigenvalue weighted by atomic mass is 16.1. The van der Waals surface area contributed by atoms with Gasteiger partial charge in [0.1, 0.15) is 0 Å². The molecule has 1 aliphatic carbocycles. The van der Waals surface area contributed by atoms with Gasteiger partial charge in [0.2, 0.25) is 0 Å². The number of nitrogens with zero attached hydrogens (tertiary/aromatic N) is 1. The first-order valence-electron chi connectivity index (χ1n) is 7.37. The Labute approximate surface area is 115 Å². The maximum Gasteiger partial charge on any atom is 0.163 e. The summed E-state index contributed by atoms with van der Waals surface area (Å²) >= 11 is 0. The Kier molecular flexibility index (Phi) is 3.01. The van der Waals surface area contributed by atoms with Gasteiger partial charge >= 0.3 is 0 Å². The van der Waals surface area contributed by atoms with E-state index in [4.69, 9.17) is 0 Å². The number of fused-ring (bicyclic) bond motifs is 3. The molecule has 19 heavy (non-hydrogen) atoms. The number of carbonyl (C=O) groups is 1. The lowest BCUT2D eigenvalue weighted by atomic mass is 9.73. The highest BCUT2D eigenvalue weighted by Gasteiger charge is 2.40. The average molecular weight is 257 g/mol. The van der Waals surface area contributed by atoms with Gasteiger partial charge in [0.15, 0.2) is 5.78 Å². The lowest BCUT2D eigenvalue weighted by molar-refractivity contribution is 0.0945. The van der Waals surface area contributed by atoms with Crippen LogP contribution in [0.25, 0.3) is 0 Å². The quantitative estimate of drug-likeness (QED) is 0.770. The number of Topliss-reactive ketones (excluding diaryl/α,β-unsaturated/α-hetero) is 1. The SMILES string of the molecule is CCc1c(C)cc2c(c1C)C(=O)C[C@@H]1CN(C)C[C@H]21. The molecule has 1 aromatic carbocycles. The maximum absolute atomic E-state index is 12.5. The van der Waals surface area contributed by atoms with E-state index in [9.17, 15) is 4.79 Å². The van der Waals surface area contributed by atoms with E-state index in [2.05, 4.69) is 38.8 Å². The predicted octanol–water partition coefficient (Wildman–Crippen LogP) is 3.10. The molecular formula is C17H23NO. The molecule has 1 saturated heterocycles. The zero-order valence-electron chi connectivity index (χ0n) is 12.4. The summed E-state index contributed by atoms with van der Waals surface area (Å²) in [6.07, 6.45) is 1.77. The van der Waals surface area contributed by atoms with Crippen molar-refractivity contribution in [2.75, 3.05) is 20.1 Å². The number of likely N-dealkylation sites (N-methyl/N-ethyl adjacent to an activating group) is 1. The first-order valence-corrected chi connectivity index (χ1v) is 7.37. The standard InChI is InChI=1S/C17H23NO/c1-5-13-10(2)6-14-15-9-18(4)8-12(15)7-16(19)17(14)11(13)3/h6,12,15H,5,7-9H2,1-4H3/t12-,15+/m1/s1. The number of aryl methyl sites for hydroxylation is 1. The molecule has 0 amide bonds. The van der Waals surface area contributed by atoms with Gasteiger partial charge in [-0.2, -0.15) is 0 Å².